The average molecular weight is 803 g/mol. The van der Waals surface area contributed by atoms with Gasteiger partial charge in [0.2, 0.25) is 0 Å². The molecule has 324 valence electrons. The molecule has 0 rings (SSSR count). The summed E-state index contributed by atoms with van der Waals surface area (Å²) in [7, 11) is 0. The van der Waals surface area contributed by atoms with Crippen molar-refractivity contribution in [3.05, 3.63) is 0 Å². The van der Waals surface area contributed by atoms with Crippen LogP contribution in [0.3, 0.4) is 0 Å². The number of hydrogen-bond acceptors (Lipinski definition) is 19. The van der Waals surface area contributed by atoms with Crippen LogP contribution in [0.15, 0.2) is 0 Å². The second-order valence-corrected chi connectivity index (χ2v) is 11.2. The third-order valence-electron chi connectivity index (χ3n) is 6.23. The smallest absolute Gasteiger partial charge is 0.313 e. The molecule has 0 unspecified atom stereocenters. The fourth-order valence-corrected chi connectivity index (χ4v) is 3.68. The number of ketones is 2. The van der Waals surface area contributed by atoms with Crippen LogP contribution in [-0.4, -0.2) is 208 Å². The predicted molar refractivity (Wildman–Crippen MR) is 193 cm³/mol. The van der Waals surface area contributed by atoms with E-state index in [1.165, 1.54) is 13.8 Å². The summed E-state index contributed by atoms with van der Waals surface area (Å²) >= 11 is 0. The molecule has 0 fully saturated rings. The highest BCUT2D eigenvalue weighted by molar-refractivity contribution is 5.94. The highest BCUT2D eigenvalue weighted by Gasteiger charge is 2.06. The molecule has 0 aromatic rings. The molecule has 0 N–H and O–H groups in total. The number of esters is 2. The van der Waals surface area contributed by atoms with Crippen LogP contribution >= 0.6 is 0 Å². The number of carbonyl (C=O) groups is 4. The maximum atomic E-state index is 11.2. The Morgan fingerprint density at radius 3 is 0.491 bits per heavy atom. The number of ether oxygens (including phenoxy) is 15. The molecule has 0 aliphatic heterocycles. The lowest BCUT2D eigenvalue weighted by Gasteiger charge is -2.09. The van der Waals surface area contributed by atoms with Gasteiger partial charge in [-0.2, -0.15) is 0 Å². The third-order valence-corrected chi connectivity index (χ3v) is 6.23. The molecule has 0 radical (unpaired) electrons. The maximum absolute atomic E-state index is 11.2. The first kappa shape index (κ1) is 52.8. The lowest BCUT2D eigenvalue weighted by atomic mass is 10.3. The van der Waals surface area contributed by atoms with Crippen molar-refractivity contribution in [1.29, 1.82) is 0 Å². The van der Waals surface area contributed by atoms with Gasteiger partial charge in [0.15, 0.2) is 0 Å². The van der Waals surface area contributed by atoms with E-state index in [-0.39, 0.29) is 50.8 Å². The first-order valence-electron chi connectivity index (χ1n) is 18.7. The molecule has 0 heterocycles. The predicted octanol–water partition coefficient (Wildman–Crippen LogP) is 0.247. The van der Waals surface area contributed by atoms with Crippen LogP contribution in [0.2, 0.25) is 0 Å². The highest BCUT2D eigenvalue weighted by Crippen LogP contribution is 1.91. The van der Waals surface area contributed by atoms with Crippen molar-refractivity contribution in [2.45, 2.75) is 26.7 Å². The van der Waals surface area contributed by atoms with Crippen LogP contribution < -0.4 is 0 Å². The van der Waals surface area contributed by atoms with Crippen LogP contribution in [0, 0.1) is 0 Å². The zero-order valence-electron chi connectivity index (χ0n) is 33.0. The quantitative estimate of drug-likeness (QED) is 0.0459. The summed E-state index contributed by atoms with van der Waals surface area (Å²) in [4.78, 5) is 43.9. The van der Waals surface area contributed by atoms with E-state index in [1.807, 2.05) is 0 Å². The molecule has 0 aliphatic rings. The number of hydrogen-bond donors (Lipinski definition) is 0. The second-order valence-electron chi connectivity index (χ2n) is 11.2. The number of rotatable bonds is 46. The molecule has 55 heavy (non-hydrogen) atoms. The lowest BCUT2D eigenvalue weighted by molar-refractivity contribution is -0.148. The number of carbonyl (C=O) groups excluding carboxylic acids is 4. The van der Waals surface area contributed by atoms with Crippen LogP contribution in [0.4, 0.5) is 0 Å². The normalized spacial score (nSPS) is 11.2. The summed E-state index contributed by atoms with van der Waals surface area (Å²) in [5, 5.41) is 0. The van der Waals surface area contributed by atoms with Crippen molar-refractivity contribution in [1.82, 2.24) is 0 Å². The molecule has 0 aromatic carbocycles. The van der Waals surface area contributed by atoms with E-state index in [9.17, 15) is 19.2 Å². The van der Waals surface area contributed by atoms with Gasteiger partial charge in [0.25, 0.3) is 0 Å². The fourth-order valence-electron chi connectivity index (χ4n) is 3.68. The molecule has 0 bridgehead atoms. The second kappa shape index (κ2) is 44.5. The van der Waals surface area contributed by atoms with Gasteiger partial charge in [-0.3, -0.25) is 19.2 Å². The van der Waals surface area contributed by atoms with E-state index in [0.717, 1.165) is 0 Å². The van der Waals surface area contributed by atoms with Gasteiger partial charge in [0, 0.05) is 0 Å². The van der Waals surface area contributed by atoms with E-state index in [1.54, 1.807) is 0 Å². The molecule has 0 saturated heterocycles. The minimum absolute atomic E-state index is 0.108. The summed E-state index contributed by atoms with van der Waals surface area (Å²) in [6.45, 7) is 14.1. The topological polar surface area (TPSA) is 207 Å². The van der Waals surface area contributed by atoms with Gasteiger partial charge >= 0.3 is 11.9 Å². The Morgan fingerprint density at radius 2 is 0.364 bits per heavy atom. The van der Waals surface area contributed by atoms with Crippen molar-refractivity contribution in [3.63, 3.8) is 0 Å². The van der Waals surface area contributed by atoms with Crippen LogP contribution in [0.25, 0.3) is 0 Å². The summed E-state index contributed by atoms with van der Waals surface area (Å²) < 4.78 is 80.1. The highest BCUT2D eigenvalue weighted by atomic mass is 16.6. The van der Waals surface area contributed by atoms with Crippen molar-refractivity contribution >= 4 is 23.5 Å². The van der Waals surface area contributed by atoms with E-state index in [4.69, 9.17) is 71.1 Å². The van der Waals surface area contributed by atoms with Gasteiger partial charge in [-0.05, 0) is 13.8 Å². The van der Waals surface area contributed by atoms with Gasteiger partial charge in [0.05, 0.1) is 172 Å². The molecule has 19 heteroatoms. The molecule has 19 nitrogen and oxygen atoms in total. The first-order chi connectivity index (χ1) is 26.9. The zero-order valence-corrected chi connectivity index (χ0v) is 33.0. The summed E-state index contributed by atoms with van der Waals surface area (Å²) in [6.07, 6.45) is -0.435. The van der Waals surface area contributed by atoms with E-state index in [2.05, 4.69) is 0 Å². The van der Waals surface area contributed by atoms with E-state index >= 15 is 0 Å². The Kier molecular flexibility index (Phi) is 42.7. The Hall–Kier alpha value is -2.24. The van der Waals surface area contributed by atoms with Crippen molar-refractivity contribution < 1.29 is 90.2 Å². The molecule has 0 amide bonds. The largest absolute Gasteiger partial charge is 0.463 e. The van der Waals surface area contributed by atoms with Crippen molar-refractivity contribution in [2.24, 2.45) is 0 Å². The molecular formula is C36H66O19. The fraction of sp³-hybridized carbons (Fsp3) is 0.889. The molecule has 0 aliphatic carbocycles. The summed E-state index contributed by atoms with van der Waals surface area (Å²) in [5.41, 5.74) is 0. The van der Waals surface area contributed by atoms with Crippen LogP contribution in [0.1, 0.15) is 26.7 Å². The minimum Gasteiger partial charge on any atom is -0.463 e. The summed E-state index contributed by atoms with van der Waals surface area (Å²) in [6, 6.07) is 0. The van der Waals surface area contributed by atoms with Gasteiger partial charge < -0.3 is 71.1 Å². The van der Waals surface area contributed by atoms with Crippen LogP contribution in [0.5, 0.6) is 0 Å². The Balaban J connectivity index is 3.10. The zero-order chi connectivity index (χ0) is 40.1. The summed E-state index contributed by atoms with van der Waals surface area (Å²) in [5.74, 6) is -1.56. The molecule has 0 spiro atoms. The van der Waals surface area contributed by atoms with Gasteiger partial charge in [-0.25, -0.2) is 0 Å². The molecule has 0 atom stereocenters. The molecular weight excluding hydrogens is 736 g/mol. The maximum Gasteiger partial charge on any atom is 0.313 e. The number of Topliss-reactive ketones (excluding diaryl/α,β-unsaturated/α-hetero) is 2. The first-order valence-corrected chi connectivity index (χ1v) is 18.7. The Labute approximate surface area is 325 Å². The van der Waals surface area contributed by atoms with E-state index in [0.29, 0.717) is 159 Å². The van der Waals surface area contributed by atoms with Crippen molar-refractivity contribution in [3.8, 4) is 0 Å². The van der Waals surface area contributed by atoms with Crippen molar-refractivity contribution in [2.75, 3.05) is 185 Å². The van der Waals surface area contributed by atoms with Gasteiger partial charge in [0.1, 0.15) is 37.6 Å². The monoisotopic (exact) mass is 802 g/mol. The minimum atomic E-state index is -0.547. The standard InChI is InChI=1S/C36H66O19/c1-33(37)31-35(39)54-29-27-52-25-23-50-21-19-48-17-15-46-13-11-44-9-7-42-5-3-41-4-6-43-8-10-45-12-14-47-16-18-49-20-22-51-24-26-53-28-30-55-36(40)32-34(2)38/h3-32H2,1-2H3. The van der Waals surface area contributed by atoms with Crippen LogP contribution in [-0.2, 0) is 90.2 Å². The lowest BCUT2D eigenvalue weighted by Crippen LogP contribution is -2.16. The Bertz CT molecular complexity index is 810. The average Bonchev–Trinajstić information content (AvgIpc) is 3.14. The molecule has 0 aromatic heterocycles. The SMILES string of the molecule is CC(=O)CC(=O)OCCOCCOCCOCCOCCOCCOCCOCCOCCOCCOCCOCCOCCOCCOC(=O)CC(C)=O. The van der Waals surface area contributed by atoms with E-state index < -0.39 is 11.9 Å². The van der Waals surface area contributed by atoms with Gasteiger partial charge in [-0.1, -0.05) is 0 Å². The molecule has 0 saturated carbocycles. The third kappa shape index (κ3) is 47.8. The Morgan fingerprint density at radius 1 is 0.236 bits per heavy atom. The van der Waals surface area contributed by atoms with Gasteiger partial charge in [-0.15, -0.1) is 0 Å².